The fourth-order valence-electron chi connectivity index (χ4n) is 5.32. The van der Waals surface area contributed by atoms with Gasteiger partial charge in [0.2, 0.25) is 5.91 Å². The molecule has 4 heterocycles. The van der Waals surface area contributed by atoms with Gasteiger partial charge in [0.15, 0.2) is 0 Å². The van der Waals surface area contributed by atoms with Crippen LogP contribution in [-0.4, -0.2) is 40.4 Å². The Labute approximate surface area is 204 Å². The monoisotopic (exact) mass is 468 g/mol. The van der Waals surface area contributed by atoms with Crippen LogP contribution in [0.2, 0.25) is 0 Å². The van der Waals surface area contributed by atoms with E-state index >= 15 is 0 Å². The highest BCUT2D eigenvalue weighted by molar-refractivity contribution is 7.17. The molecule has 0 unspecified atom stereocenters. The average molecular weight is 469 g/mol. The first-order valence-corrected chi connectivity index (χ1v) is 12.9. The van der Waals surface area contributed by atoms with Gasteiger partial charge < -0.3 is 9.80 Å². The lowest BCUT2D eigenvalue weighted by Crippen LogP contribution is -2.44. The lowest BCUT2D eigenvalue weighted by molar-refractivity contribution is -0.137. The van der Waals surface area contributed by atoms with Crippen LogP contribution in [0.25, 0.3) is 21.3 Å². The van der Waals surface area contributed by atoms with Gasteiger partial charge in [-0.3, -0.25) is 4.79 Å². The Bertz CT molecular complexity index is 1340. The molecule has 172 valence electrons. The number of hydrogen-bond acceptors (Lipinski definition) is 5. The number of thiophene rings is 1. The van der Waals surface area contributed by atoms with Crippen molar-refractivity contribution in [1.29, 1.82) is 0 Å². The van der Waals surface area contributed by atoms with Crippen LogP contribution in [0.3, 0.4) is 0 Å². The largest absolute Gasteiger partial charge is 0.356 e. The average Bonchev–Trinajstić information content (AvgIpc) is 3.33. The third-order valence-corrected chi connectivity index (χ3v) is 8.19. The molecule has 0 spiro atoms. The summed E-state index contributed by atoms with van der Waals surface area (Å²) in [6.45, 7) is 5.37. The van der Waals surface area contributed by atoms with Crippen molar-refractivity contribution in [2.45, 2.75) is 32.7 Å². The predicted molar refractivity (Wildman–Crippen MR) is 138 cm³/mol. The van der Waals surface area contributed by atoms with Crippen molar-refractivity contribution in [1.82, 2.24) is 14.9 Å². The number of piperidine rings is 1. The Morgan fingerprint density at radius 1 is 0.971 bits per heavy atom. The topological polar surface area (TPSA) is 49.3 Å². The van der Waals surface area contributed by atoms with Crippen LogP contribution in [0.4, 0.5) is 5.82 Å². The summed E-state index contributed by atoms with van der Waals surface area (Å²) in [7, 11) is 0. The number of aryl methyl sites for hydroxylation is 1. The zero-order chi connectivity index (χ0) is 23.1. The number of fused-ring (bicyclic) bond motifs is 2. The number of amides is 1. The highest BCUT2D eigenvalue weighted by Crippen LogP contribution is 2.39. The van der Waals surface area contributed by atoms with E-state index in [2.05, 4.69) is 75.6 Å². The summed E-state index contributed by atoms with van der Waals surface area (Å²) in [6.07, 6.45) is 4.37. The summed E-state index contributed by atoms with van der Waals surface area (Å²) in [4.78, 5) is 28.0. The quantitative estimate of drug-likeness (QED) is 0.400. The molecule has 1 fully saturated rings. The molecule has 0 saturated carbocycles. The van der Waals surface area contributed by atoms with Gasteiger partial charge in [-0.05, 0) is 42.9 Å². The molecule has 0 atom stereocenters. The van der Waals surface area contributed by atoms with Gasteiger partial charge in [-0.15, -0.1) is 11.3 Å². The van der Waals surface area contributed by atoms with E-state index in [0.29, 0.717) is 5.91 Å². The summed E-state index contributed by atoms with van der Waals surface area (Å²) >= 11 is 1.67. The molecule has 0 N–H and O–H groups in total. The van der Waals surface area contributed by atoms with E-state index in [4.69, 9.17) is 4.98 Å². The van der Waals surface area contributed by atoms with Crippen molar-refractivity contribution in [3.63, 3.8) is 0 Å². The summed E-state index contributed by atoms with van der Waals surface area (Å²) in [6, 6.07) is 17.2. The Balaban J connectivity index is 1.19. The minimum absolute atomic E-state index is 0.0953. The summed E-state index contributed by atoms with van der Waals surface area (Å²) in [5, 5.41) is 3.33. The molecule has 34 heavy (non-hydrogen) atoms. The molecule has 1 amide bonds. The Kier molecular flexibility index (Phi) is 5.53. The van der Waals surface area contributed by atoms with Gasteiger partial charge in [0.05, 0.1) is 5.39 Å². The lowest BCUT2D eigenvalue weighted by Gasteiger charge is -2.36. The maximum atomic E-state index is 13.3. The van der Waals surface area contributed by atoms with Gasteiger partial charge in [-0.25, -0.2) is 9.97 Å². The summed E-state index contributed by atoms with van der Waals surface area (Å²) in [5.74, 6) is 1.41. The molecule has 2 aliphatic rings. The maximum absolute atomic E-state index is 13.3. The van der Waals surface area contributed by atoms with Gasteiger partial charge in [0.25, 0.3) is 0 Å². The van der Waals surface area contributed by atoms with Crippen molar-refractivity contribution >= 4 is 33.3 Å². The molecule has 0 aliphatic carbocycles. The van der Waals surface area contributed by atoms with Crippen molar-refractivity contribution in [2.24, 2.45) is 5.92 Å². The molecule has 1 saturated heterocycles. The second-order valence-electron chi connectivity index (χ2n) is 9.43. The van der Waals surface area contributed by atoms with Gasteiger partial charge in [-0.2, -0.15) is 0 Å². The van der Waals surface area contributed by atoms with Gasteiger partial charge in [0.1, 0.15) is 17.0 Å². The standard InChI is InChI=1S/C28H28N4OS/c1-19-6-8-21(9-7-19)24-17-34-27-25(24)26(29-18-30-27)31-13-11-22(12-14-31)28(33)32-15-10-20-4-2-3-5-23(20)16-32/h2-9,17-18,22H,10-16H2,1H3. The molecule has 0 radical (unpaired) electrons. The van der Waals surface area contributed by atoms with E-state index in [-0.39, 0.29) is 5.92 Å². The van der Waals surface area contributed by atoms with Crippen LogP contribution >= 0.6 is 11.3 Å². The van der Waals surface area contributed by atoms with Gasteiger partial charge in [-0.1, -0.05) is 54.1 Å². The summed E-state index contributed by atoms with van der Waals surface area (Å²) in [5.41, 5.74) is 6.33. The minimum atomic E-state index is 0.0953. The van der Waals surface area contributed by atoms with Crippen LogP contribution in [0.15, 0.2) is 60.2 Å². The lowest BCUT2D eigenvalue weighted by atomic mass is 9.93. The number of benzene rings is 2. The zero-order valence-corrected chi connectivity index (χ0v) is 20.2. The Morgan fingerprint density at radius 2 is 1.74 bits per heavy atom. The smallest absolute Gasteiger partial charge is 0.226 e. The normalized spacial score (nSPS) is 16.6. The van der Waals surface area contributed by atoms with Crippen LogP contribution in [0.1, 0.15) is 29.5 Å². The zero-order valence-electron chi connectivity index (χ0n) is 19.4. The maximum Gasteiger partial charge on any atom is 0.226 e. The second-order valence-corrected chi connectivity index (χ2v) is 10.3. The van der Waals surface area contributed by atoms with Crippen LogP contribution < -0.4 is 4.90 Å². The summed E-state index contributed by atoms with van der Waals surface area (Å²) < 4.78 is 0. The van der Waals surface area contributed by atoms with Gasteiger partial charge >= 0.3 is 0 Å². The first-order chi connectivity index (χ1) is 16.7. The highest BCUT2D eigenvalue weighted by atomic mass is 32.1. The third-order valence-electron chi connectivity index (χ3n) is 7.30. The predicted octanol–water partition coefficient (Wildman–Crippen LogP) is 5.47. The first kappa shape index (κ1) is 21.3. The number of carbonyl (C=O) groups is 1. The molecule has 0 bridgehead atoms. The van der Waals surface area contributed by atoms with E-state index in [9.17, 15) is 4.79 Å². The van der Waals surface area contributed by atoms with E-state index in [0.717, 1.165) is 61.5 Å². The number of rotatable bonds is 3. The molecular weight excluding hydrogens is 440 g/mol. The molecule has 6 heteroatoms. The van der Waals surface area contributed by atoms with E-state index in [1.54, 1.807) is 17.7 Å². The fourth-order valence-corrected chi connectivity index (χ4v) is 6.24. The SMILES string of the molecule is Cc1ccc(-c2csc3ncnc(N4CCC(C(=O)N5CCc6ccccc6C5)CC4)c23)cc1. The van der Waals surface area contributed by atoms with Crippen molar-refractivity contribution < 1.29 is 4.79 Å². The first-order valence-electron chi connectivity index (χ1n) is 12.1. The van der Waals surface area contributed by atoms with Crippen molar-refractivity contribution in [3.8, 4) is 11.1 Å². The molecule has 5 nitrogen and oxygen atoms in total. The number of aromatic nitrogens is 2. The number of anilines is 1. The van der Waals surface area contributed by atoms with Crippen LogP contribution in [0.5, 0.6) is 0 Å². The minimum Gasteiger partial charge on any atom is -0.356 e. The number of hydrogen-bond donors (Lipinski definition) is 0. The molecule has 2 aromatic heterocycles. The van der Waals surface area contributed by atoms with Crippen molar-refractivity contribution in [2.75, 3.05) is 24.5 Å². The molecule has 4 aromatic rings. The second kappa shape index (κ2) is 8.84. The van der Waals surface area contributed by atoms with Crippen LogP contribution in [0, 0.1) is 12.8 Å². The fraction of sp³-hybridized carbons (Fsp3) is 0.321. The van der Waals surface area contributed by atoms with Crippen LogP contribution in [-0.2, 0) is 17.8 Å². The van der Waals surface area contributed by atoms with E-state index in [1.165, 1.54) is 27.8 Å². The number of nitrogens with zero attached hydrogens (tertiary/aromatic N) is 4. The number of carbonyl (C=O) groups excluding carboxylic acids is 1. The molecule has 2 aromatic carbocycles. The van der Waals surface area contributed by atoms with Crippen molar-refractivity contribution in [3.05, 3.63) is 76.9 Å². The molecule has 6 rings (SSSR count). The third kappa shape index (κ3) is 3.86. The molecular formula is C28H28N4OS. The molecule has 2 aliphatic heterocycles. The van der Waals surface area contributed by atoms with Gasteiger partial charge in [0, 0.05) is 43.0 Å². The van der Waals surface area contributed by atoms with E-state index in [1.807, 2.05) is 0 Å². The Hall–Kier alpha value is -3.25. The van der Waals surface area contributed by atoms with E-state index < -0.39 is 0 Å². The Morgan fingerprint density at radius 3 is 2.53 bits per heavy atom. The highest BCUT2D eigenvalue weighted by Gasteiger charge is 2.31.